The van der Waals surface area contributed by atoms with Gasteiger partial charge in [-0.2, -0.15) is 0 Å². The highest BCUT2D eigenvalue weighted by atomic mass is 32.2. The molecule has 0 aliphatic carbocycles. The van der Waals surface area contributed by atoms with Crippen molar-refractivity contribution in [2.24, 2.45) is 0 Å². The van der Waals surface area contributed by atoms with Crippen molar-refractivity contribution in [3.05, 3.63) is 22.1 Å². The van der Waals surface area contributed by atoms with Crippen LogP contribution >= 0.6 is 23.1 Å². The first-order valence-electron chi connectivity index (χ1n) is 6.03. The molecule has 2 aromatic rings. The number of hydrogen-bond donors (Lipinski definition) is 2. The van der Waals surface area contributed by atoms with Crippen LogP contribution in [-0.4, -0.2) is 27.8 Å². The highest BCUT2D eigenvalue weighted by molar-refractivity contribution is 7.98. The van der Waals surface area contributed by atoms with Gasteiger partial charge in [0.05, 0.1) is 6.54 Å². The summed E-state index contributed by atoms with van der Waals surface area (Å²) in [6, 6.07) is 1.92. The van der Waals surface area contributed by atoms with Gasteiger partial charge < -0.3 is 10.6 Å². The lowest BCUT2D eigenvalue weighted by Crippen LogP contribution is -2.06. The number of hydrogen-bond acceptors (Lipinski definition) is 7. The van der Waals surface area contributed by atoms with Gasteiger partial charge in [0.25, 0.3) is 0 Å². The largest absolute Gasteiger partial charge is 0.370 e. The Bertz CT molecular complexity index is 541. The lowest BCUT2D eigenvalue weighted by Gasteiger charge is -2.08. The maximum absolute atomic E-state index is 4.43. The molecule has 2 heterocycles. The summed E-state index contributed by atoms with van der Waals surface area (Å²) in [5.41, 5.74) is 1.06. The summed E-state index contributed by atoms with van der Waals surface area (Å²) >= 11 is 3.19. The first-order valence-corrected chi connectivity index (χ1v) is 8.13. The lowest BCUT2D eigenvalue weighted by molar-refractivity contribution is 0.946. The van der Waals surface area contributed by atoms with Crippen molar-refractivity contribution in [3.8, 4) is 0 Å². The number of rotatable bonds is 6. The second-order valence-corrected chi connectivity index (χ2v) is 5.61. The number of nitrogens with one attached hydrogen (secondary N) is 2. The van der Waals surface area contributed by atoms with E-state index in [1.807, 2.05) is 31.5 Å². The third-order valence-corrected chi connectivity index (χ3v) is 3.85. The van der Waals surface area contributed by atoms with Crippen LogP contribution in [-0.2, 0) is 6.54 Å². The quantitative estimate of drug-likeness (QED) is 0.631. The van der Waals surface area contributed by atoms with Gasteiger partial charge in [-0.3, -0.25) is 0 Å². The molecule has 2 aromatic heterocycles. The molecular weight excluding hydrogens is 278 g/mol. The number of aryl methyl sites for hydroxylation is 1. The minimum Gasteiger partial charge on any atom is -0.370 e. The van der Waals surface area contributed by atoms with Crippen LogP contribution in [0, 0.1) is 6.92 Å². The Balaban J connectivity index is 2.08. The van der Waals surface area contributed by atoms with Gasteiger partial charge in [-0.25, -0.2) is 15.0 Å². The van der Waals surface area contributed by atoms with Crippen LogP contribution in [0.15, 0.2) is 16.6 Å². The van der Waals surface area contributed by atoms with Crippen LogP contribution in [0.5, 0.6) is 0 Å². The molecule has 0 spiro atoms. The van der Waals surface area contributed by atoms with Crippen molar-refractivity contribution in [2.45, 2.75) is 25.5 Å². The Kier molecular flexibility index (Phi) is 4.98. The summed E-state index contributed by atoms with van der Waals surface area (Å²) in [7, 11) is 0. The van der Waals surface area contributed by atoms with Gasteiger partial charge in [0.15, 0.2) is 5.16 Å². The van der Waals surface area contributed by atoms with Crippen molar-refractivity contribution < 1.29 is 0 Å². The lowest BCUT2D eigenvalue weighted by atomic mass is 10.5. The zero-order chi connectivity index (χ0) is 13.7. The zero-order valence-electron chi connectivity index (χ0n) is 11.2. The predicted octanol–water partition coefficient (Wildman–Crippen LogP) is 3.01. The van der Waals surface area contributed by atoms with Crippen LogP contribution in [0.2, 0.25) is 0 Å². The van der Waals surface area contributed by atoms with Crippen LogP contribution in [0.4, 0.5) is 11.6 Å². The van der Waals surface area contributed by atoms with Crippen molar-refractivity contribution in [3.63, 3.8) is 0 Å². The normalized spacial score (nSPS) is 10.5. The molecule has 0 fully saturated rings. The number of thiazole rings is 1. The van der Waals surface area contributed by atoms with Crippen LogP contribution < -0.4 is 10.6 Å². The maximum atomic E-state index is 4.43. The molecule has 5 nitrogen and oxygen atoms in total. The predicted molar refractivity (Wildman–Crippen MR) is 82.2 cm³/mol. The summed E-state index contributed by atoms with van der Waals surface area (Å²) in [4.78, 5) is 13.2. The van der Waals surface area contributed by atoms with Gasteiger partial charge in [0.2, 0.25) is 0 Å². The first-order chi connectivity index (χ1) is 9.21. The van der Waals surface area contributed by atoms with Gasteiger partial charge in [0, 0.05) is 23.7 Å². The summed E-state index contributed by atoms with van der Waals surface area (Å²) in [5.74, 6) is 1.67. The molecule has 0 aliphatic rings. The van der Waals surface area contributed by atoms with Gasteiger partial charge >= 0.3 is 0 Å². The average molecular weight is 295 g/mol. The zero-order valence-corrected chi connectivity index (χ0v) is 12.9. The minimum atomic E-state index is 0.689. The molecule has 0 amide bonds. The van der Waals surface area contributed by atoms with Crippen LogP contribution in [0.1, 0.15) is 17.6 Å². The molecule has 7 heteroatoms. The molecule has 0 bridgehead atoms. The molecule has 0 saturated heterocycles. The van der Waals surface area contributed by atoms with Gasteiger partial charge in [-0.1, -0.05) is 11.8 Å². The molecule has 0 aliphatic heterocycles. The molecule has 0 unspecified atom stereocenters. The molecule has 102 valence electrons. The number of thioether (sulfide) groups is 1. The fraction of sp³-hybridized carbons (Fsp3) is 0.417. The first kappa shape index (κ1) is 14.1. The second kappa shape index (κ2) is 6.72. The molecule has 2 N–H and O–H groups in total. The summed E-state index contributed by atoms with van der Waals surface area (Å²) in [5, 5.41) is 10.4. The molecular formula is C12H17N5S2. The fourth-order valence-electron chi connectivity index (χ4n) is 1.53. The van der Waals surface area contributed by atoms with Crippen molar-refractivity contribution in [1.29, 1.82) is 0 Å². The summed E-state index contributed by atoms with van der Waals surface area (Å²) in [6.45, 7) is 5.58. The summed E-state index contributed by atoms with van der Waals surface area (Å²) in [6.07, 6.45) is 1.97. The van der Waals surface area contributed by atoms with E-state index >= 15 is 0 Å². The molecule has 19 heavy (non-hydrogen) atoms. The van der Waals surface area contributed by atoms with Crippen LogP contribution in [0.3, 0.4) is 0 Å². The Morgan fingerprint density at radius 3 is 2.53 bits per heavy atom. The highest BCUT2D eigenvalue weighted by Crippen LogP contribution is 2.18. The molecule has 0 radical (unpaired) electrons. The molecule has 0 atom stereocenters. The Morgan fingerprint density at radius 2 is 1.95 bits per heavy atom. The van der Waals surface area contributed by atoms with Gasteiger partial charge in [-0.05, 0) is 20.1 Å². The third-order valence-electron chi connectivity index (χ3n) is 2.33. The third kappa shape index (κ3) is 4.07. The number of nitrogens with zero attached hydrogens (tertiary/aromatic N) is 3. The SMILES string of the molecule is CCNc1cc(NCc2nc(C)cs2)nc(SC)n1. The topological polar surface area (TPSA) is 62.7 Å². The average Bonchev–Trinajstić information content (AvgIpc) is 2.82. The highest BCUT2D eigenvalue weighted by Gasteiger charge is 2.04. The monoisotopic (exact) mass is 295 g/mol. The van der Waals surface area contributed by atoms with Crippen molar-refractivity contribution in [2.75, 3.05) is 23.4 Å². The second-order valence-electron chi connectivity index (χ2n) is 3.89. The van der Waals surface area contributed by atoms with E-state index in [2.05, 4.69) is 25.6 Å². The minimum absolute atomic E-state index is 0.689. The Morgan fingerprint density at radius 1 is 1.21 bits per heavy atom. The van der Waals surface area contributed by atoms with E-state index in [1.165, 1.54) is 11.8 Å². The van der Waals surface area contributed by atoms with E-state index in [4.69, 9.17) is 0 Å². The van der Waals surface area contributed by atoms with E-state index in [0.717, 1.165) is 34.0 Å². The van der Waals surface area contributed by atoms with E-state index in [0.29, 0.717) is 6.54 Å². The maximum Gasteiger partial charge on any atom is 0.191 e. The van der Waals surface area contributed by atoms with Crippen LogP contribution in [0.25, 0.3) is 0 Å². The van der Waals surface area contributed by atoms with E-state index in [-0.39, 0.29) is 0 Å². The van der Waals surface area contributed by atoms with Crippen molar-refractivity contribution >= 4 is 34.7 Å². The number of aromatic nitrogens is 3. The van der Waals surface area contributed by atoms with Gasteiger partial charge in [0.1, 0.15) is 16.6 Å². The number of anilines is 2. The molecule has 2 rings (SSSR count). The fourth-order valence-corrected chi connectivity index (χ4v) is 2.62. The molecule has 0 aromatic carbocycles. The summed E-state index contributed by atoms with van der Waals surface area (Å²) < 4.78 is 0. The Hall–Kier alpha value is -1.34. The standard InChI is InChI=1S/C12H17N5S2/c1-4-13-9-5-10(17-12(16-9)18-3)14-6-11-15-8(2)7-19-11/h5,7H,4,6H2,1-3H3,(H2,13,14,16,17). The Labute approximate surface area is 121 Å². The van der Waals surface area contributed by atoms with E-state index in [1.54, 1.807) is 11.3 Å². The van der Waals surface area contributed by atoms with Gasteiger partial charge in [-0.15, -0.1) is 11.3 Å². The smallest absolute Gasteiger partial charge is 0.191 e. The van der Waals surface area contributed by atoms with E-state index < -0.39 is 0 Å². The van der Waals surface area contributed by atoms with Crippen molar-refractivity contribution in [1.82, 2.24) is 15.0 Å². The van der Waals surface area contributed by atoms with E-state index in [9.17, 15) is 0 Å². The molecule has 0 saturated carbocycles.